The Balaban J connectivity index is 0.921. The molecule has 2 aliphatic heterocycles. The largest absolute Gasteiger partial charge is 0.311 e. The number of hydrogen-bond donors (Lipinski definition) is 0. The summed E-state index contributed by atoms with van der Waals surface area (Å²) in [6.45, 7) is 51.6. The van der Waals surface area contributed by atoms with Crippen molar-refractivity contribution in [2.45, 2.75) is 202 Å². The van der Waals surface area contributed by atoms with Crippen LogP contribution < -0.4 is 26.2 Å². The van der Waals surface area contributed by atoms with Gasteiger partial charge < -0.3 is 23.5 Å². The predicted octanol–water partition coefficient (Wildman–Crippen LogP) is 28.1. The van der Waals surface area contributed by atoms with Crippen molar-refractivity contribution in [3.8, 4) is 39.3 Å². The van der Waals surface area contributed by atoms with Crippen molar-refractivity contribution in [1.82, 2.24) is 13.7 Å². The molecule has 574 valence electrons. The van der Waals surface area contributed by atoms with Crippen molar-refractivity contribution in [2.24, 2.45) is 0 Å². The minimum absolute atomic E-state index is 0.0482. The Labute approximate surface area is 682 Å². The van der Waals surface area contributed by atoms with Gasteiger partial charge in [-0.05, 0) is 254 Å². The molecule has 3 aliphatic rings. The number of anilines is 6. The molecule has 0 amide bonds. The Morgan fingerprint density at radius 3 is 0.948 bits per heavy atom. The molecule has 0 unspecified atom stereocenters. The Bertz CT molecular complexity index is 6510. The van der Waals surface area contributed by atoms with Gasteiger partial charge in [0.05, 0.1) is 38.8 Å². The van der Waals surface area contributed by atoms with Gasteiger partial charge in [-0.15, -0.1) is 0 Å². The molecule has 0 radical (unpaired) electrons. The van der Waals surface area contributed by atoms with Crippen molar-refractivity contribution in [3.05, 3.63) is 299 Å². The van der Waals surface area contributed by atoms with Crippen LogP contribution in [0, 0.1) is 0 Å². The fourth-order valence-corrected chi connectivity index (χ4v) is 20.0. The molecule has 0 spiro atoms. The first-order valence-corrected chi connectivity index (χ1v) is 42.0. The van der Waals surface area contributed by atoms with Crippen molar-refractivity contribution >= 4 is 123 Å². The summed E-state index contributed by atoms with van der Waals surface area (Å²) in [7, 11) is 0. The second kappa shape index (κ2) is 25.2. The Morgan fingerprint density at radius 1 is 0.243 bits per heavy atom. The Hall–Kier alpha value is -11.1. The van der Waals surface area contributed by atoms with Crippen LogP contribution in [-0.2, 0) is 43.3 Å². The minimum Gasteiger partial charge on any atom is -0.311 e. The summed E-state index contributed by atoms with van der Waals surface area (Å²) in [5.74, 6) is 0. The fraction of sp³-hybridized carbons (Fsp3) is 0.284. The first-order chi connectivity index (χ1) is 54.3. The van der Waals surface area contributed by atoms with Crippen LogP contribution in [0.3, 0.4) is 0 Å². The van der Waals surface area contributed by atoms with E-state index in [9.17, 15) is 0 Å². The highest BCUT2D eigenvalue weighted by atomic mass is 15.2. The van der Waals surface area contributed by atoms with Gasteiger partial charge in [-0.3, -0.25) is 0 Å². The summed E-state index contributed by atoms with van der Waals surface area (Å²) in [5, 5.41) is 7.53. The quantitative estimate of drug-likeness (QED) is 0.148. The molecule has 16 aromatic rings. The van der Waals surface area contributed by atoms with E-state index in [1.807, 2.05) is 0 Å². The van der Waals surface area contributed by atoms with Crippen LogP contribution >= 0.6 is 0 Å². The molecule has 5 heterocycles. The van der Waals surface area contributed by atoms with E-state index in [-0.39, 0.29) is 50.0 Å². The van der Waals surface area contributed by atoms with E-state index >= 15 is 0 Å². The number of benzene rings is 13. The molecular formula is C109H110BN5. The molecular weight excluding hydrogens is 1390 g/mol. The van der Waals surface area contributed by atoms with Gasteiger partial charge in [-0.2, -0.15) is 0 Å². The first-order valence-electron chi connectivity index (χ1n) is 42.0. The average Bonchev–Trinajstić information content (AvgIpc) is 0.841. The van der Waals surface area contributed by atoms with Crippen LogP contribution in [0.1, 0.15) is 203 Å². The number of nitrogens with zero attached hydrogens (tertiary/aromatic N) is 5. The summed E-state index contributed by atoms with van der Waals surface area (Å²) in [4.78, 5) is 5.30. The molecule has 5 nitrogen and oxygen atoms in total. The first kappa shape index (κ1) is 74.1. The summed E-state index contributed by atoms with van der Waals surface area (Å²) >= 11 is 0. The van der Waals surface area contributed by atoms with Crippen LogP contribution in [0.5, 0.6) is 0 Å². The zero-order valence-electron chi connectivity index (χ0n) is 71.8. The van der Waals surface area contributed by atoms with E-state index in [1.165, 1.54) is 138 Å². The van der Waals surface area contributed by atoms with Crippen LogP contribution in [0.15, 0.2) is 255 Å². The highest BCUT2D eigenvalue weighted by molar-refractivity contribution is 7.00. The number of rotatable bonds is 7. The molecule has 0 atom stereocenters. The van der Waals surface area contributed by atoms with Gasteiger partial charge in [-0.1, -0.05) is 286 Å². The predicted molar refractivity (Wildman–Crippen MR) is 497 cm³/mol. The third-order valence-electron chi connectivity index (χ3n) is 26.3. The molecule has 1 aliphatic carbocycles. The minimum atomic E-state index is -0.213. The molecule has 0 bridgehead atoms. The molecule has 0 N–H and O–H groups in total. The zero-order chi connectivity index (χ0) is 80.7. The number of para-hydroxylation sites is 2. The fourth-order valence-electron chi connectivity index (χ4n) is 20.0. The summed E-state index contributed by atoms with van der Waals surface area (Å²) in [6.07, 6.45) is 1.12. The average molecular weight is 1500 g/mol. The maximum atomic E-state index is 2.65. The van der Waals surface area contributed by atoms with Crippen LogP contribution in [-0.4, -0.2) is 20.4 Å². The number of hydrogen-bond acceptors (Lipinski definition) is 2. The van der Waals surface area contributed by atoms with Gasteiger partial charge in [0.25, 0.3) is 6.71 Å². The van der Waals surface area contributed by atoms with Crippen LogP contribution in [0.25, 0.3) is 105 Å². The van der Waals surface area contributed by atoms with Gasteiger partial charge in [-0.25, -0.2) is 0 Å². The lowest BCUT2D eigenvalue weighted by atomic mass is 9.33. The van der Waals surface area contributed by atoms with E-state index in [4.69, 9.17) is 0 Å². The monoisotopic (exact) mass is 1500 g/mol. The summed E-state index contributed by atoms with van der Waals surface area (Å²) < 4.78 is 7.68. The molecule has 0 saturated carbocycles. The van der Waals surface area contributed by atoms with Crippen LogP contribution in [0.2, 0.25) is 0 Å². The standard InChI is InChI=1S/C109H110BN5/c1-102(2,3)70-36-49-93-83(57-70)84-58-71(103(4,5)6)37-50-94(84)113(93)78-44-47-89-97(61-78)111(76-40-31-66(32-41-76)68-35-46-87-88(55-68)109(21,22)65-108(87,19)20)99-63-80(115-91-29-25-23-27-81(91)82-28-24-26-30-92(82)115)64-100-101(99)110(89)90-48-45-79(114-95-51-38-72(104(7,8)9)59-85(95)86-60-73(105(10,11)12)39-52-96(86)114)62-98(90)112(100)77-42-33-67(34-43-77)69-53-74(106(13,14)15)56-75(54-69)107(16,17)18/h23-64H,65H2,1-22H3. The van der Waals surface area contributed by atoms with Crippen molar-refractivity contribution in [1.29, 1.82) is 0 Å². The normalized spacial score (nSPS) is 14.9. The topological polar surface area (TPSA) is 21.3 Å². The summed E-state index contributed by atoms with van der Waals surface area (Å²) in [5.41, 5.74) is 36.6. The van der Waals surface area contributed by atoms with Crippen molar-refractivity contribution in [3.63, 3.8) is 0 Å². The maximum Gasteiger partial charge on any atom is 0.252 e. The third kappa shape index (κ3) is 12.0. The third-order valence-corrected chi connectivity index (χ3v) is 26.3. The molecule has 13 aromatic carbocycles. The van der Waals surface area contributed by atoms with E-state index in [1.54, 1.807) is 0 Å². The lowest BCUT2D eigenvalue weighted by molar-refractivity contribution is 0.403. The Kier molecular flexibility index (Phi) is 16.2. The maximum absolute atomic E-state index is 2.65. The van der Waals surface area contributed by atoms with E-state index < -0.39 is 0 Å². The number of fused-ring (bicyclic) bond motifs is 14. The van der Waals surface area contributed by atoms with Gasteiger partial charge in [0.15, 0.2) is 0 Å². The van der Waals surface area contributed by atoms with E-state index in [0.717, 1.165) is 68.6 Å². The van der Waals surface area contributed by atoms with Gasteiger partial charge in [0.1, 0.15) is 0 Å². The second-order valence-electron chi connectivity index (χ2n) is 41.6. The SMILES string of the molecule is CC(C)(C)c1cc(-c2ccc(N3c4cc(-n5c6ccc(C(C)(C)C)cc6c6cc(C(C)(C)C)ccc65)ccc4B4c5ccc(-n6c7ccc(C(C)(C)C)cc7c7cc(C(C)(C)C)ccc76)cc5N(c5ccc(-c6ccc7c(c6)C(C)(C)CC7(C)C)cc5)c5cc(-n6c7ccccc7c7ccccc76)cc3c54)cc2)cc(C(C)(C)C)c1. The van der Waals surface area contributed by atoms with Gasteiger partial charge in [0, 0.05) is 77.8 Å². The molecule has 6 heteroatoms. The zero-order valence-corrected chi connectivity index (χ0v) is 71.8. The molecule has 0 fully saturated rings. The molecule has 115 heavy (non-hydrogen) atoms. The highest BCUT2D eigenvalue weighted by Crippen LogP contribution is 2.53. The van der Waals surface area contributed by atoms with Crippen molar-refractivity contribution < 1.29 is 0 Å². The second-order valence-corrected chi connectivity index (χ2v) is 41.6. The lowest BCUT2D eigenvalue weighted by Gasteiger charge is -2.44. The van der Waals surface area contributed by atoms with E-state index in [0.29, 0.717) is 0 Å². The van der Waals surface area contributed by atoms with Crippen molar-refractivity contribution in [2.75, 3.05) is 9.80 Å². The number of aromatic nitrogens is 3. The smallest absolute Gasteiger partial charge is 0.252 e. The Morgan fingerprint density at radius 2 is 0.565 bits per heavy atom. The molecule has 3 aromatic heterocycles. The van der Waals surface area contributed by atoms with Crippen LogP contribution in [0.4, 0.5) is 34.1 Å². The van der Waals surface area contributed by atoms with E-state index in [2.05, 4.69) is 431 Å². The highest BCUT2D eigenvalue weighted by Gasteiger charge is 2.46. The van der Waals surface area contributed by atoms with Gasteiger partial charge in [0.2, 0.25) is 0 Å². The lowest BCUT2D eigenvalue weighted by Crippen LogP contribution is -2.61. The summed E-state index contributed by atoms with van der Waals surface area (Å²) in [6, 6.07) is 101. The molecule has 0 saturated heterocycles. The van der Waals surface area contributed by atoms with Gasteiger partial charge >= 0.3 is 0 Å². The molecule has 19 rings (SSSR count).